The summed E-state index contributed by atoms with van der Waals surface area (Å²) < 4.78 is 40.2. The minimum absolute atomic E-state index is 0.219. The Hall–Kier alpha value is -1.66. The van der Waals surface area contributed by atoms with Crippen LogP contribution < -0.4 is 5.32 Å². The van der Waals surface area contributed by atoms with Crippen molar-refractivity contribution in [2.45, 2.75) is 41.8 Å². The number of fused-ring (bicyclic) bond motifs is 2. The van der Waals surface area contributed by atoms with Gasteiger partial charge in [0.1, 0.15) is 0 Å². The Morgan fingerprint density at radius 2 is 1.92 bits per heavy atom. The molecular formula is C20H21F3N2S. The van der Waals surface area contributed by atoms with Gasteiger partial charge in [0, 0.05) is 35.0 Å². The maximum absolute atomic E-state index is 13.4. The summed E-state index contributed by atoms with van der Waals surface area (Å²) in [6, 6.07) is 10.7. The van der Waals surface area contributed by atoms with Crippen molar-refractivity contribution in [1.82, 2.24) is 4.90 Å². The molecule has 1 fully saturated rings. The zero-order chi connectivity index (χ0) is 18.3. The number of hydrogen-bond acceptors (Lipinski definition) is 3. The van der Waals surface area contributed by atoms with Crippen molar-refractivity contribution in [3.63, 3.8) is 0 Å². The first kappa shape index (κ1) is 17.7. The highest BCUT2D eigenvalue weighted by Crippen LogP contribution is 2.45. The number of alkyl halides is 3. The fraction of sp³-hybridized carbons (Fsp3) is 0.400. The van der Waals surface area contributed by atoms with Gasteiger partial charge in [0.15, 0.2) is 0 Å². The molecule has 2 heterocycles. The molecular weight excluding hydrogens is 357 g/mol. The van der Waals surface area contributed by atoms with Crippen LogP contribution in [0.25, 0.3) is 0 Å². The fourth-order valence-electron chi connectivity index (χ4n) is 3.65. The van der Waals surface area contributed by atoms with Crippen LogP contribution in [0.3, 0.4) is 0 Å². The molecule has 138 valence electrons. The van der Waals surface area contributed by atoms with Crippen LogP contribution in [0.15, 0.2) is 46.2 Å². The summed E-state index contributed by atoms with van der Waals surface area (Å²) in [5.74, 6) is 0. The molecule has 6 heteroatoms. The Morgan fingerprint density at radius 3 is 2.65 bits per heavy atom. The van der Waals surface area contributed by atoms with Crippen molar-refractivity contribution < 1.29 is 13.2 Å². The van der Waals surface area contributed by atoms with Gasteiger partial charge in [0.05, 0.1) is 11.6 Å². The van der Waals surface area contributed by atoms with Crippen LogP contribution in [0.1, 0.15) is 30.0 Å². The lowest BCUT2D eigenvalue weighted by molar-refractivity contribution is -0.137. The second-order valence-corrected chi connectivity index (χ2v) is 8.07. The Kier molecular flexibility index (Phi) is 4.65. The smallest absolute Gasteiger partial charge is 0.379 e. The Labute approximate surface area is 155 Å². The summed E-state index contributed by atoms with van der Waals surface area (Å²) in [4.78, 5) is 4.08. The normalized spacial score (nSPS) is 17.4. The van der Waals surface area contributed by atoms with E-state index in [1.807, 2.05) is 18.2 Å². The van der Waals surface area contributed by atoms with Gasteiger partial charge in [0.2, 0.25) is 0 Å². The van der Waals surface area contributed by atoms with E-state index in [9.17, 15) is 13.2 Å². The van der Waals surface area contributed by atoms with Crippen molar-refractivity contribution in [2.75, 3.05) is 25.0 Å². The van der Waals surface area contributed by atoms with E-state index in [1.165, 1.54) is 29.5 Å². The Balaban J connectivity index is 1.65. The van der Waals surface area contributed by atoms with Crippen LogP contribution in [0, 0.1) is 0 Å². The van der Waals surface area contributed by atoms with Gasteiger partial charge in [-0.25, -0.2) is 0 Å². The third-order valence-electron chi connectivity index (χ3n) is 4.95. The molecule has 0 saturated carbocycles. The number of hydrogen-bond donors (Lipinski definition) is 1. The highest BCUT2D eigenvalue weighted by molar-refractivity contribution is 7.99. The molecule has 2 aliphatic heterocycles. The van der Waals surface area contributed by atoms with Gasteiger partial charge < -0.3 is 5.32 Å². The van der Waals surface area contributed by atoms with Crippen molar-refractivity contribution >= 4 is 17.4 Å². The highest BCUT2D eigenvalue weighted by atomic mass is 32.2. The van der Waals surface area contributed by atoms with E-state index >= 15 is 0 Å². The molecule has 2 aromatic carbocycles. The number of likely N-dealkylation sites (tertiary alicyclic amines) is 1. The molecule has 4 rings (SSSR count). The summed E-state index contributed by atoms with van der Waals surface area (Å²) in [5, 5.41) is 3.38. The Bertz CT molecular complexity index is 813. The van der Waals surface area contributed by atoms with Crippen molar-refractivity contribution in [3.05, 3.63) is 53.1 Å². The van der Waals surface area contributed by atoms with Crippen molar-refractivity contribution in [2.24, 2.45) is 0 Å². The lowest BCUT2D eigenvalue weighted by Crippen LogP contribution is -2.54. The first-order valence-electron chi connectivity index (χ1n) is 8.93. The van der Waals surface area contributed by atoms with Crippen LogP contribution in [-0.4, -0.2) is 30.6 Å². The maximum Gasteiger partial charge on any atom is 0.416 e. The molecule has 1 N–H and O–H groups in total. The van der Waals surface area contributed by atoms with E-state index in [4.69, 9.17) is 0 Å². The molecule has 0 bridgehead atoms. The van der Waals surface area contributed by atoms with E-state index in [0.717, 1.165) is 36.5 Å². The van der Waals surface area contributed by atoms with Gasteiger partial charge >= 0.3 is 6.18 Å². The third-order valence-corrected chi connectivity index (χ3v) is 6.16. The molecule has 0 unspecified atom stereocenters. The molecule has 2 aromatic rings. The van der Waals surface area contributed by atoms with Crippen LogP contribution in [0.5, 0.6) is 0 Å². The molecule has 2 nitrogen and oxygen atoms in total. The molecule has 0 aromatic heterocycles. The molecule has 1 saturated heterocycles. The molecule has 0 amide bonds. The summed E-state index contributed by atoms with van der Waals surface area (Å²) >= 11 is 1.44. The summed E-state index contributed by atoms with van der Waals surface area (Å²) in [7, 11) is 0. The second kappa shape index (κ2) is 6.82. The third kappa shape index (κ3) is 3.45. The summed E-state index contributed by atoms with van der Waals surface area (Å²) in [6.07, 6.45) is -2.57. The summed E-state index contributed by atoms with van der Waals surface area (Å²) in [6.45, 7) is 4.96. The first-order valence-corrected chi connectivity index (χ1v) is 9.74. The zero-order valence-corrected chi connectivity index (χ0v) is 15.4. The van der Waals surface area contributed by atoms with Crippen LogP contribution >= 0.6 is 11.8 Å². The van der Waals surface area contributed by atoms with Crippen LogP contribution in [0.4, 0.5) is 18.9 Å². The predicted molar refractivity (Wildman–Crippen MR) is 99.0 cm³/mol. The summed E-state index contributed by atoms with van der Waals surface area (Å²) in [5.41, 5.74) is 2.22. The highest BCUT2D eigenvalue weighted by Gasteiger charge is 2.34. The molecule has 0 spiro atoms. The van der Waals surface area contributed by atoms with E-state index < -0.39 is 11.7 Å². The average molecular weight is 378 g/mol. The number of nitrogens with one attached hydrogen (secondary N) is 1. The molecule has 2 aliphatic rings. The predicted octanol–water partition coefficient (Wildman–Crippen LogP) is 5.27. The number of benzene rings is 2. The molecule has 0 radical (unpaired) electrons. The second-order valence-electron chi connectivity index (χ2n) is 6.99. The lowest BCUT2D eigenvalue weighted by atomic mass is 9.98. The standard InChI is InChI=1S/C20H21F3N2S/c1-2-7-25-11-15(12-25)24-17-9-14(20(21,22)23)10-19-16(17)8-13-5-3-4-6-18(13)26-19/h3-6,9-10,15,24H,2,7-8,11-12H2,1H3. The topological polar surface area (TPSA) is 15.3 Å². The first-order chi connectivity index (χ1) is 12.4. The largest absolute Gasteiger partial charge is 0.416 e. The quantitative estimate of drug-likeness (QED) is 0.666. The zero-order valence-electron chi connectivity index (χ0n) is 14.6. The fourth-order valence-corrected chi connectivity index (χ4v) is 4.80. The number of halogens is 3. The van der Waals surface area contributed by atoms with Gasteiger partial charge in [-0.3, -0.25) is 4.90 Å². The van der Waals surface area contributed by atoms with Crippen LogP contribution in [0.2, 0.25) is 0 Å². The Morgan fingerprint density at radius 1 is 1.15 bits per heavy atom. The molecule has 0 aliphatic carbocycles. The van der Waals surface area contributed by atoms with Gasteiger partial charge in [-0.2, -0.15) is 13.2 Å². The van der Waals surface area contributed by atoms with E-state index in [1.54, 1.807) is 0 Å². The molecule has 0 atom stereocenters. The monoisotopic (exact) mass is 378 g/mol. The van der Waals surface area contributed by atoms with Gasteiger partial charge in [-0.05, 0) is 42.3 Å². The lowest BCUT2D eigenvalue weighted by Gasteiger charge is -2.40. The number of nitrogens with zero attached hydrogens (tertiary/aromatic N) is 1. The van der Waals surface area contributed by atoms with Crippen LogP contribution in [-0.2, 0) is 12.6 Å². The minimum atomic E-state index is -4.34. The minimum Gasteiger partial charge on any atom is -0.379 e. The van der Waals surface area contributed by atoms with E-state index in [2.05, 4.69) is 23.2 Å². The SMILES string of the molecule is CCCN1CC(Nc2cc(C(F)(F)F)cc3c2Cc2ccccc2S3)C1. The van der Waals surface area contributed by atoms with Gasteiger partial charge in [-0.15, -0.1) is 0 Å². The van der Waals surface area contributed by atoms with Gasteiger partial charge in [0.25, 0.3) is 0 Å². The van der Waals surface area contributed by atoms with Gasteiger partial charge in [-0.1, -0.05) is 36.9 Å². The van der Waals surface area contributed by atoms with Crippen molar-refractivity contribution in [1.29, 1.82) is 0 Å². The average Bonchev–Trinajstić information content (AvgIpc) is 2.57. The van der Waals surface area contributed by atoms with E-state index in [-0.39, 0.29) is 6.04 Å². The van der Waals surface area contributed by atoms with E-state index in [0.29, 0.717) is 17.0 Å². The number of rotatable bonds is 4. The maximum atomic E-state index is 13.4. The molecule has 26 heavy (non-hydrogen) atoms. The van der Waals surface area contributed by atoms with Crippen molar-refractivity contribution in [3.8, 4) is 0 Å². The number of anilines is 1.